The number of halogens is 1. The van der Waals surface area contributed by atoms with Gasteiger partial charge < -0.3 is 9.84 Å². The first-order valence-electron chi connectivity index (χ1n) is 5.91. The Morgan fingerprint density at radius 3 is 2.74 bits per heavy atom. The van der Waals surface area contributed by atoms with Gasteiger partial charge in [0.15, 0.2) is 0 Å². The average Bonchev–Trinajstić information content (AvgIpc) is 2.37. The van der Waals surface area contributed by atoms with E-state index in [9.17, 15) is 12.8 Å². The summed E-state index contributed by atoms with van der Waals surface area (Å²) >= 11 is 0. The van der Waals surface area contributed by atoms with E-state index >= 15 is 0 Å². The van der Waals surface area contributed by atoms with Crippen LogP contribution in [0.3, 0.4) is 0 Å². The van der Waals surface area contributed by atoms with Gasteiger partial charge in [0.05, 0.1) is 17.6 Å². The van der Waals surface area contributed by atoms with Crippen LogP contribution in [0, 0.1) is 5.82 Å². The van der Waals surface area contributed by atoms with E-state index in [1.165, 1.54) is 0 Å². The molecule has 1 rings (SSSR count). The first-order valence-corrected chi connectivity index (χ1v) is 7.39. The van der Waals surface area contributed by atoms with Crippen LogP contribution in [0.25, 0.3) is 0 Å². The van der Waals surface area contributed by atoms with Gasteiger partial charge >= 0.3 is 0 Å². The Bertz CT molecular complexity index is 518. The molecule has 0 aliphatic carbocycles. The Balaban J connectivity index is 2.83. The Hall–Kier alpha value is -1.02. The summed E-state index contributed by atoms with van der Waals surface area (Å²) in [6, 6.07) is 3.29. The highest BCUT2D eigenvalue weighted by Crippen LogP contribution is 2.15. The summed E-state index contributed by atoms with van der Waals surface area (Å²) < 4.78 is 44.7. The van der Waals surface area contributed by atoms with Crippen LogP contribution in [0.1, 0.15) is 19.4 Å². The van der Waals surface area contributed by atoms with Crippen LogP contribution in [0.4, 0.5) is 4.39 Å². The third kappa shape index (κ3) is 4.54. The normalized spacial score (nSPS) is 13.5. The van der Waals surface area contributed by atoms with Gasteiger partial charge in [0.2, 0.25) is 10.0 Å². The van der Waals surface area contributed by atoms with Gasteiger partial charge in [-0.25, -0.2) is 17.5 Å². The minimum atomic E-state index is -3.73. The monoisotopic (exact) mass is 291 g/mol. The van der Waals surface area contributed by atoms with Crippen molar-refractivity contribution in [2.24, 2.45) is 0 Å². The molecule has 1 unspecified atom stereocenters. The SMILES string of the molecule is CCOC(C)CNS(=O)(=O)c1ccc(F)c(CO)c1. The number of ether oxygens (including phenoxy) is 1. The van der Waals surface area contributed by atoms with E-state index in [-0.39, 0.29) is 23.1 Å². The van der Waals surface area contributed by atoms with Crippen LogP contribution < -0.4 is 4.72 Å². The van der Waals surface area contributed by atoms with Crippen molar-refractivity contribution < 1.29 is 22.7 Å². The lowest BCUT2D eigenvalue weighted by Crippen LogP contribution is -2.32. The van der Waals surface area contributed by atoms with Crippen LogP contribution in [0.2, 0.25) is 0 Å². The van der Waals surface area contributed by atoms with Gasteiger partial charge in [0, 0.05) is 18.7 Å². The zero-order valence-electron chi connectivity index (χ0n) is 10.9. The maximum atomic E-state index is 13.2. The molecular formula is C12H18FNO4S. The molecule has 0 aliphatic heterocycles. The fraction of sp³-hybridized carbons (Fsp3) is 0.500. The van der Waals surface area contributed by atoms with Crippen molar-refractivity contribution in [3.8, 4) is 0 Å². The van der Waals surface area contributed by atoms with Gasteiger partial charge in [-0.1, -0.05) is 0 Å². The first-order chi connectivity index (χ1) is 8.90. The van der Waals surface area contributed by atoms with Crippen molar-refractivity contribution in [1.82, 2.24) is 4.72 Å². The van der Waals surface area contributed by atoms with Crippen molar-refractivity contribution in [3.63, 3.8) is 0 Å². The molecule has 5 nitrogen and oxygen atoms in total. The van der Waals surface area contributed by atoms with E-state index in [4.69, 9.17) is 9.84 Å². The van der Waals surface area contributed by atoms with Crippen molar-refractivity contribution in [2.45, 2.75) is 31.5 Å². The molecule has 0 saturated carbocycles. The zero-order chi connectivity index (χ0) is 14.5. The standard InChI is InChI=1S/C12H18FNO4S/c1-3-18-9(2)7-14-19(16,17)11-4-5-12(13)10(6-11)8-15/h4-6,9,14-15H,3,7-8H2,1-2H3. The van der Waals surface area contributed by atoms with E-state index in [0.717, 1.165) is 18.2 Å². The average molecular weight is 291 g/mol. The second-order valence-corrected chi connectivity index (χ2v) is 5.80. The summed E-state index contributed by atoms with van der Waals surface area (Å²) in [6.07, 6.45) is -0.252. The van der Waals surface area contributed by atoms with Crippen LogP contribution >= 0.6 is 0 Å². The molecule has 2 N–H and O–H groups in total. The number of hydrogen-bond donors (Lipinski definition) is 2. The fourth-order valence-electron chi connectivity index (χ4n) is 1.49. The molecule has 0 amide bonds. The molecule has 0 aromatic heterocycles. The number of aliphatic hydroxyl groups is 1. The number of rotatable bonds is 7. The molecular weight excluding hydrogens is 273 g/mol. The highest BCUT2D eigenvalue weighted by Gasteiger charge is 2.17. The van der Waals surface area contributed by atoms with Crippen LogP contribution in [-0.2, 0) is 21.4 Å². The highest BCUT2D eigenvalue weighted by atomic mass is 32.2. The van der Waals surface area contributed by atoms with Gasteiger partial charge in [-0.05, 0) is 32.0 Å². The lowest BCUT2D eigenvalue weighted by Gasteiger charge is -2.13. The van der Waals surface area contributed by atoms with Crippen molar-refractivity contribution >= 4 is 10.0 Å². The van der Waals surface area contributed by atoms with Gasteiger partial charge in [-0.15, -0.1) is 0 Å². The Kier molecular flexibility index (Phi) is 5.86. The summed E-state index contributed by atoms with van der Waals surface area (Å²) in [5.41, 5.74) is -0.0549. The number of sulfonamides is 1. The fourth-order valence-corrected chi connectivity index (χ4v) is 2.66. The van der Waals surface area contributed by atoms with Crippen LogP contribution in [-0.4, -0.2) is 32.8 Å². The van der Waals surface area contributed by atoms with Gasteiger partial charge in [-0.3, -0.25) is 0 Å². The Labute approximate surface area is 112 Å². The summed E-state index contributed by atoms with van der Waals surface area (Å²) in [5, 5.41) is 8.92. The molecule has 108 valence electrons. The van der Waals surface area contributed by atoms with E-state index in [1.807, 2.05) is 6.92 Å². The molecule has 0 fully saturated rings. The van der Waals surface area contributed by atoms with Gasteiger partial charge in [-0.2, -0.15) is 0 Å². The van der Waals surface area contributed by atoms with Gasteiger partial charge in [0.1, 0.15) is 5.82 Å². The van der Waals surface area contributed by atoms with Crippen LogP contribution in [0.5, 0.6) is 0 Å². The van der Waals surface area contributed by atoms with E-state index in [1.54, 1.807) is 6.92 Å². The molecule has 0 saturated heterocycles. The molecule has 19 heavy (non-hydrogen) atoms. The predicted molar refractivity (Wildman–Crippen MR) is 68.6 cm³/mol. The van der Waals surface area contributed by atoms with Crippen molar-refractivity contribution in [1.29, 1.82) is 0 Å². The molecule has 1 atom stereocenters. The van der Waals surface area contributed by atoms with Crippen molar-refractivity contribution in [3.05, 3.63) is 29.6 Å². The largest absolute Gasteiger partial charge is 0.392 e. The van der Waals surface area contributed by atoms with E-state index < -0.39 is 22.4 Å². The number of hydrogen-bond acceptors (Lipinski definition) is 4. The predicted octanol–water partition coefficient (Wildman–Crippen LogP) is 1.02. The summed E-state index contributed by atoms with van der Waals surface area (Å²) in [5.74, 6) is -0.635. The zero-order valence-corrected chi connectivity index (χ0v) is 11.7. The van der Waals surface area contributed by atoms with Crippen molar-refractivity contribution in [2.75, 3.05) is 13.2 Å². The minimum absolute atomic E-state index is 0.0549. The second kappa shape index (κ2) is 6.95. The number of aliphatic hydroxyl groups excluding tert-OH is 1. The minimum Gasteiger partial charge on any atom is -0.392 e. The number of benzene rings is 1. The molecule has 0 heterocycles. The van der Waals surface area contributed by atoms with Crippen LogP contribution in [0.15, 0.2) is 23.1 Å². The summed E-state index contributed by atoms with van der Waals surface area (Å²) in [7, 11) is -3.73. The molecule has 0 aliphatic rings. The van der Waals surface area contributed by atoms with E-state index in [0.29, 0.717) is 6.61 Å². The lowest BCUT2D eigenvalue weighted by molar-refractivity contribution is 0.0799. The quantitative estimate of drug-likeness (QED) is 0.786. The molecule has 7 heteroatoms. The topological polar surface area (TPSA) is 75.6 Å². The number of nitrogens with one attached hydrogen (secondary N) is 1. The third-order valence-electron chi connectivity index (χ3n) is 2.51. The van der Waals surface area contributed by atoms with Gasteiger partial charge in [0.25, 0.3) is 0 Å². The Morgan fingerprint density at radius 1 is 1.47 bits per heavy atom. The maximum Gasteiger partial charge on any atom is 0.240 e. The first kappa shape index (κ1) is 16.0. The molecule has 1 aromatic rings. The van der Waals surface area contributed by atoms with E-state index in [2.05, 4.69) is 4.72 Å². The highest BCUT2D eigenvalue weighted by molar-refractivity contribution is 7.89. The lowest BCUT2D eigenvalue weighted by atomic mass is 10.2. The third-order valence-corrected chi connectivity index (χ3v) is 3.93. The maximum absolute atomic E-state index is 13.2. The second-order valence-electron chi connectivity index (χ2n) is 4.03. The summed E-state index contributed by atoms with van der Waals surface area (Å²) in [6.45, 7) is 3.63. The molecule has 0 bridgehead atoms. The summed E-state index contributed by atoms with van der Waals surface area (Å²) in [4.78, 5) is -0.0818. The molecule has 1 aromatic carbocycles. The smallest absolute Gasteiger partial charge is 0.240 e. The molecule has 0 spiro atoms. The Morgan fingerprint density at radius 2 is 2.16 bits per heavy atom. The molecule has 0 radical (unpaired) electrons.